The number of nitrogens with zero attached hydrogens (tertiary/aromatic N) is 3. The summed E-state index contributed by atoms with van der Waals surface area (Å²) in [6.45, 7) is 6.27. The second kappa shape index (κ2) is 9.73. The SMILES string of the molecule is Cc1cc(-n2ccnc(Nc3ccc(F)cc3OCC3CC3)c2=O)cc(C)c1CN1CC(C(=O)O)C1. The summed E-state index contributed by atoms with van der Waals surface area (Å²) in [5.74, 6) is -0.494. The maximum Gasteiger partial charge on any atom is 0.309 e. The number of hydrogen-bond acceptors (Lipinski definition) is 6. The Hall–Kier alpha value is -3.72. The number of likely N-dealkylation sites (tertiary alicyclic amines) is 1. The molecule has 0 unspecified atom stereocenters. The molecule has 0 spiro atoms. The van der Waals surface area contributed by atoms with Crippen molar-refractivity contribution in [3.05, 3.63) is 75.6 Å². The van der Waals surface area contributed by atoms with E-state index >= 15 is 0 Å². The van der Waals surface area contributed by atoms with Gasteiger partial charge in [0.05, 0.1) is 18.2 Å². The van der Waals surface area contributed by atoms with Crippen molar-refractivity contribution in [1.29, 1.82) is 0 Å². The van der Waals surface area contributed by atoms with Gasteiger partial charge in [0, 0.05) is 43.8 Å². The molecule has 8 nitrogen and oxygen atoms in total. The van der Waals surface area contributed by atoms with Gasteiger partial charge in [0.2, 0.25) is 0 Å². The molecular formula is C27H29FN4O4. The number of hydrogen-bond donors (Lipinski definition) is 2. The molecule has 5 rings (SSSR count). The lowest BCUT2D eigenvalue weighted by Crippen LogP contribution is -2.49. The number of ether oxygens (including phenoxy) is 1. The number of rotatable bonds is 9. The van der Waals surface area contributed by atoms with E-state index in [-0.39, 0.29) is 17.3 Å². The Balaban J connectivity index is 1.37. The minimum absolute atomic E-state index is 0.111. The highest BCUT2D eigenvalue weighted by atomic mass is 19.1. The Morgan fingerprint density at radius 3 is 2.58 bits per heavy atom. The zero-order valence-corrected chi connectivity index (χ0v) is 20.3. The van der Waals surface area contributed by atoms with Crippen LogP contribution < -0.4 is 15.6 Å². The van der Waals surface area contributed by atoms with Gasteiger partial charge in [0.1, 0.15) is 11.6 Å². The maximum atomic E-state index is 13.8. The Labute approximate surface area is 208 Å². The number of carbonyl (C=O) groups is 1. The molecule has 2 heterocycles. The number of aromatic nitrogens is 2. The normalized spacial score (nSPS) is 16.0. The molecule has 3 aromatic rings. The zero-order chi connectivity index (χ0) is 25.4. The van der Waals surface area contributed by atoms with Gasteiger partial charge in [-0.2, -0.15) is 0 Å². The van der Waals surface area contributed by atoms with Crippen LogP contribution in [0.5, 0.6) is 5.75 Å². The minimum Gasteiger partial charge on any atom is -0.491 e. The van der Waals surface area contributed by atoms with Gasteiger partial charge >= 0.3 is 5.97 Å². The molecule has 0 bridgehead atoms. The number of anilines is 2. The fraction of sp³-hybridized carbons (Fsp3) is 0.370. The van der Waals surface area contributed by atoms with Gasteiger partial charge in [0.25, 0.3) is 5.56 Å². The van der Waals surface area contributed by atoms with Crippen LogP contribution in [0.15, 0.2) is 47.5 Å². The average Bonchev–Trinajstić information content (AvgIpc) is 3.63. The molecule has 1 saturated carbocycles. The number of halogens is 1. The van der Waals surface area contributed by atoms with Crippen LogP contribution in [0.4, 0.5) is 15.9 Å². The van der Waals surface area contributed by atoms with Crippen molar-refractivity contribution in [2.24, 2.45) is 11.8 Å². The molecule has 1 saturated heterocycles. The van der Waals surface area contributed by atoms with Crippen molar-refractivity contribution in [3.63, 3.8) is 0 Å². The van der Waals surface area contributed by atoms with Gasteiger partial charge in [-0.15, -0.1) is 0 Å². The third-order valence-corrected chi connectivity index (χ3v) is 6.86. The van der Waals surface area contributed by atoms with Crippen LogP contribution >= 0.6 is 0 Å². The molecule has 2 N–H and O–H groups in total. The highest BCUT2D eigenvalue weighted by molar-refractivity contribution is 5.71. The number of carboxylic acid groups (broad SMARTS) is 1. The summed E-state index contributed by atoms with van der Waals surface area (Å²) in [4.78, 5) is 30.8. The second-order valence-corrected chi connectivity index (χ2v) is 9.76. The van der Waals surface area contributed by atoms with Crippen molar-refractivity contribution in [3.8, 4) is 11.4 Å². The van der Waals surface area contributed by atoms with Crippen LogP contribution in [0.1, 0.15) is 29.5 Å². The van der Waals surface area contributed by atoms with E-state index in [1.165, 1.54) is 16.7 Å². The molecule has 1 aromatic heterocycles. The quantitative estimate of drug-likeness (QED) is 0.465. The second-order valence-electron chi connectivity index (χ2n) is 9.76. The molecule has 188 valence electrons. The summed E-state index contributed by atoms with van der Waals surface area (Å²) in [6, 6.07) is 8.07. The first-order chi connectivity index (χ1) is 17.3. The van der Waals surface area contributed by atoms with Crippen LogP contribution in [0.25, 0.3) is 5.69 Å². The third-order valence-electron chi connectivity index (χ3n) is 6.86. The summed E-state index contributed by atoms with van der Waals surface area (Å²) in [6.07, 6.45) is 5.38. The smallest absolute Gasteiger partial charge is 0.309 e. The van der Waals surface area contributed by atoms with E-state index in [1.807, 2.05) is 26.0 Å². The number of aliphatic carboxylic acids is 1. The molecule has 36 heavy (non-hydrogen) atoms. The summed E-state index contributed by atoms with van der Waals surface area (Å²) in [5.41, 5.74) is 4.03. The molecule has 1 aliphatic carbocycles. The number of nitrogens with one attached hydrogen (secondary N) is 1. The largest absolute Gasteiger partial charge is 0.491 e. The predicted octanol–water partition coefficient (Wildman–Crippen LogP) is 4.04. The Morgan fingerprint density at radius 2 is 1.92 bits per heavy atom. The first kappa shape index (κ1) is 24.0. The Bertz CT molecular complexity index is 1340. The molecule has 0 amide bonds. The van der Waals surface area contributed by atoms with Crippen molar-refractivity contribution >= 4 is 17.5 Å². The Morgan fingerprint density at radius 1 is 1.19 bits per heavy atom. The molecule has 2 aliphatic rings. The standard InChI is InChI=1S/C27H29FN4O4/c1-16-9-21(10-17(2)22(16)14-31-12-19(13-31)27(34)35)32-8-7-29-25(26(32)33)30-23-6-5-20(28)11-24(23)36-15-18-3-4-18/h5-11,18-19H,3-4,12-15H2,1-2H3,(H,29,30)(H,34,35). The third kappa shape index (κ3) is 5.11. The van der Waals surface area contributed by atoms with Crippen LogP contribution in [-0.2, 0) is 11.3 Å². The molecule has 9 heteroatoms. The van der Waals surface area contributed by atoms with Crippen molar-refractivity contribution < 1.29 is 19.0 Å². The lowest BCUT2D eigenvalue weighted by atomic mass is 9.96. The van der Waals surface area contributed by atoms with E-state index in [0.717, 1.165) is 29.5 Å². The predicted molar refractivity (Wildman–Crippen MR) is 134 cm³/mol. The van der Waals surface area contributed by atoms with Crippen molar-refractivity contribution in [2.75, 3.05) is 25.0 Å². The van der Waals surface area contributed by atoms with Gasteiger partial charge in [-0.1, -0.05) is 0 Å². The van der Waals surface area contributed by atoms with Gasteiger partial charge in [-0.3, -0.25) is 19.1 Å². The van der Waals surface area contributed by atoms with Crippen LogP contribution in [0.2, 0.25) is 0 Å². The topological polar surface area (TPSA) is 96.7 Å². The first-order valence-corrected chi connectivity index (χ1v) is 12.1. The first-order valence-electron chi connectivity index (χ1n) is 12.1. The number of aryl methyl sites for hydroxylation is 2. The fourth-order valence-corrected chi connectivity index (χ4v) is 4.48. The molecular weight excluding hydrogens is 463 g/mol. The fourth-order valence-electron chi connectivity index (χ4n) is 4.48. The van der Waals surface area contributed by atoms with E-state index in [1.54, 1.807) is 18.5 Å². The van der Waals surface area contributed by atoms with Gasteiger partial charge in [-0.05, 0) is 73.6 Å². The molecule has 1 aliphatic heterocycles. The molecule has 2 fully saturated rings. The van der Waals surface area contributed by atoms with Crippen molar-refractivity contribution in [2.45, 2.75) is 33.2 Å². The van der Waals surface area contributed by atoms with E-state index in [0.29, 0.717) is 49.3 Å². The van der Waals surface area contributed by atoms with E-state index < -0.39 is 11.8 Å². The Kier molecular flexibility index (Phi) is 6.49. The van der Waals surface area contributed by atoms with Crippen LogP contribution in [0.3, 0.4) is 0 Å². The van der Waals surface area contributed by atoms with Crippen LogP contribution in [0, 0.1) is 31.5 Å². The van der Waals surface area contributed by atoms with E-state index in [2.05, 4.69) is 15.2 Å². The summed E-state index contributed by atoms with van der Waals surface area (Å²) < 4.78 is 21.2. The summed E-state index contributed by atoms with van der Waals surface area (Å²) in [5, 5.41) is 12.1. The van der Waals surface area contributed by atoms with Crippen LogP contribution in [-0.4, -0.2) is 45.2 Å². The van der Waals surface area contributed by atoms with Gasteiger partial charge in [0.15, 0.2) is 5.82 Å². The maximum absolute atomic E-state index is 13.8. The highest BCUT2D eigenvalue weighted by Crippen LogP contribution is 2.33. The van der Waals surface area contributed by atoms with Gasteiger partial charge < -0.3 is 15.2 Å². The minimum atomic E-state index is -0.751. The number of carboxylic acids is 1. The molecule has 0 atom stereocenters. The highest BCUT2D eigenvalue weighted by Gasteiger charge is 2.32. The number of benzene rings is 2. The summed E-state index contributed by atoms with van der Waals surface area (Å²) in [7, 11) is 0. The monoisotopic (exact) mass is 492 g/mol. The molecule has 0 radical (unpaired) electrons. The molecule has 2 aromatic carbocycles. The average molecular weight is 493 g/mol. The van der Waals surface area contributed by atoms with Crippen molar-refractivity contribution in [1.82, 2.24) is 14.5 Å². The zero-order valence-electron chi connectivity index (χ0n) is 20.3. The summed E-state index contributed by atoms with van der Waals surface area (Å²) >= 11 is 0. The lowest BCUT2D eigenvalue weighted by molar-refractivity contribution is -0.147. The van der Waals surface area contributed by atoms with Gasteiger partial charge in [-0.25, -0.2) is 9.37 Å². The van der Waals surface area contributed by atoms with E-state index in [9.17, 15) is 14.0 Å². The van der Waals surface area contributed by atoms with E-state index in [4.69, 9.17) is 9.84 Å². The lowest BCUT2D eigenvalue weighted by Gasteiger charge is -2.37.